The van der Waals surface area contributed by atoms with Gasteiger partial charge in [0.25, 0.3) is 0 Å². The minimum atomic E-state index is -0.732. The zero-order chi connectivity index (χ0) is 13.5. The molecule has 1 aliphatic rings. The fourth-order valence-corrected chi connectivity index (χ4v) is 2.49. The largest absolute Gasteiger partial charge is 0.481 e. The molecule has 0 heterocycles. The van der Waals surface area contributed by atoms with E-state index in [0.29, 0.717) is 19.5 Å². The van der Waals surface area contributed by atoms with E-state index in [-0.39, 0.29) is 23.7 Å². The van der Waals surface area contributed by atoms with E-state index in [4.69, 9.17) is 10.8 Å². The van der Waals surface area contributed by atoms with Gasteiger partial charge in [0, 0.05) is 13.0 Å². The Morgan fingerprint density at radius 3 is 2.67 bits per heavy atom. The van der Waals surface area contributed by atoms with E-state index in [2.05, 4.69) is 5.32 Å². The fraction of sp³-hybridized carbons (Fsp3) is 0.846. The summed E-state index contributed by atoms with van der Waals surface area (Å²) in [4.78, 5) is 22.7. The highest BCUT2D eigenvalue weighted by Gasteiger charge is 2.30. The van der Waals surface area contributed by atoms with Crippen molar-refractivity contribution in [2.45, 2.75) is 39.0 Å². The van der Waals surface area contributed by atoms with Crippen molar-refractivity contribution < 1.29 is 14.7 Å². The van der Waals surface area contributed by atoms with Crippen LogP contribution < -0.4 is 11.1 Å². The highest BCUT2D eigenvalue weighted by atomic mass is 16.4. The molecule has 5 heteroatoms. The molecule has 104 valence electrons. The third kappa shape index (κ3) is 4.64. The summed E-state index contributed by atoms with van der Waals surface area (Å²) in [5, 5.41) is 12.0. The minimum absolute atomic E-state index is 0.0253. The van der Waals surface area contributed by atoms with Gasteiger partial charge in [-0.15, -0.1) is 0 Å². The summed E-state index contributed by atoms with van der Waals surface area (Å²) in [7, 11) is 0. The van der Waals surface area contributed by atoms with Crippen molar-refractivity contribution in [1.82, 2.24) is 5.32 Å². The Morgan fingerprint density at radius 2 is 2.06 bits per heavy atom. The van der Waals surface area contributed by atoms with Crippen molar-refractivity contribution in [1.29, 1.82) is 0 Å². The second kappa shape index (κ2) is 7.36. The monoisotopic (exact) mass is 256 g/mol. The predicted octanol–water partition coefficient (Wildman–Crippen LogP) is 0.979. The van der Waals surface area contributed by atoms with Gasteiger partial charge < -0.3 is 16.2 Å². The number of hydrogen-bond acceptors (Lipinski definition) is 3. The van der Waals surface area contributed by atoms with E-state index in [1.807, 2.05) is 6.92 Å². The molecule has 0 aromatic heterocycles. The Labute approximate surface area is 108 Å². The summed E-state index contributed by atoms with van der Waals surface area (Å²) in [6.07, 6.45) is 4.08. The number of carbonyl (C=O) groups is 2. The topological polar surface area (TPSA) is 92.4 Å². The Bertz CT molecular complexity index is 294. The molecule has 0 aromatic carbocycles. The highest BCUT2D eigenvalue weighted by molar-refractivity contribution is 5.76. The summed E-state index contributed by atoms with van der Waals surface area (Å²) in [6.45, 7) is 2.90. The van der Waals surface area contributed by atoms with Gasteiger partial charge >= 0.3 is 5.97 Å². The van der Waals surface area contributed by atoms with Crippen LogP contribution in [0.5, 0.6) is 0 Å². The van der Waals surface area contributed by atoms with Gasteiger partial charge in [-0.05, 0) is 31.2 Å². The lowest BCUT2D eigenvalue weighted by molar-refractivity contribution is -0.145. The lowest BCUT2D eigenvalue weighted by atomic mass is 9.79. The number of carbonyl (C=O) groups excluding carboxylic acids is 1. The maximum Gasteiger partial charge on any atom is 0.306 e. The molecule has 1 rings (SSSR count). The first-order chi connectivity index (χ1) is 8.54. The van der Waals surface area contributed by atoms with Crippen molar-refractivity contribution in [2.75, 3.05) is 13.1 Å². The first-order valence-electron chi connectivity index (χ1n) is 6.74. The van der Waals surface area contributed by atoms with Gasteiger partial charge in [0.1, 0.15) is 0 Å². The number of aliphatic carboxylic acids is 1. The molecule has 0 radical (unpaired) electrons. The van der Waals surface area contributed by atoms with Crippen LogP contribution >= 0.6 is 0 Å². The SMILES string of the molecule is CC(CN)CC(=O)NCC1CCCCC1C(=O)O. The van der Waals surface area contributed by atoms with Gasteiger partial charge in [0.15, 0.2) is 0 Å². The molecule has 1 fully saturated rings. The molecule has 3 unspecified atom stereocenters. The van der Waals surface area contributed by atoms with E-state index in [1.165, 1.54) is 0 Å². The van der Waals surface area contributed by atoms with Crippen molar-refractivity contribution in [2.24, 2.45) is 23.5 Å². The average Bonchev–Trinajstić information content (AvgIpc) is 2.36. The average molecular weight is 256 g/mol. The zero-order valence-electron chi connectivity index (χ0n) is 11.0. The lowest BCUT2D eigenvalue weighted by Gasteiger charge is -2.28. The van der Waals surface area contributed by atoms with Crippen LogP contribution in [-0.2, 0) is 9.59 Å². The molecule has 5 nitrogen and oxygen atoms in total. The van der Waals surface area contributed by atoms with Gasteiger partial charge in [0.2, 0.25) is 5.91 Å². The smallest absolute Gasteiger partial charge is 0.306 e. The number of nitrogens with one attached hydrogen (secondary N) is 1. The summed E-state index contributed by atoms with van der Waals surface area (Å²) in [5.74, 6) is -0.807. The van der Waals surface area contributed by atoms with Gasteiger partial charge in [-0.25, -0.2) is 0 Å². The van der Waals surface area contributed by atoms with Crippen molar-refractivity contribution in [3.63, 3.8) is 0 Å². The number of nitrogens with two attached hydrogens (primary N) is 1. The highest BCUT2D eigenvalue weighted by Crippen LogP contribution is 2.29. The molecular weight excluding hydrogens is 232 g/mol. The van der Waals surface area contributed by atoms with Gasteiger partial charge in [0.05, 0.1) is 5.92 Å². The van der Waals surface area contributed by atoms with Crippen molar-refractivity contribution >= 4 is 11.9 Å². The van der Waals surface area contributed by atoms with Crippen LogP contribution in [0.15, 0.2) is 0 Å². The Morgan fingerprint density at radius 1 is 1.39 bits per heavy atom. The third-order valence-corrected chi connectivity index (χ3v) is 3.72. The van der Waals surface area contributed by atoms with Crippen LogP contribution in [0.3, 0.4) is 0 Å². The van der Waals surface area contributed by atoms with E-state index in [1.54, 1.807) is 0 Å². The molecular formula is C13H24N2O3. The molecule has 18 heavy (non-hydrogen) atoms. The number of carboxylic acid groups (broad SMARTS) is 1. The molecule has 0 saturated heterocycles. The molecule has 3 atom stereocenters. The summed E-state index contributed by atoms with van der Waals surface area (Å²) in [6, 6.07) is 0. The first kappa shape index (κ1) is 15.0. The number of hydrogen-bond donors (Lipinski definition) is 3. The van der Waals surface area contributed by atoms with Gasteiger partial charge in [-0.1, -0.05) is 19.8 Å². The van der Waals surface area contributed by atoms with Crippen LogP contribution in [0.1, 0.15) is 39.0 Å². The van der Waals surface area contributed by atoms with E-state index in [9.17, 15) is 9.59 Å². The Kier molecular flexibility index (Phi) is 6.12. The molecule has 0 aliphatic heterocycles. The van der Waals surface area contributed by atoms with Crippen LogP contribution in [-0.4, -0.2) is 30.1 Å². The van der Waals surface area contributed by atoms with E-state index >= 15 is 0 Å². The third-order valence-electron chi connectivity index (χ3n) is 3.72. The maximum atomic E-state index is 11.6. The zero-order valence-corrected chi connectivity index (χ0v) is 11.0. The standard InChI is InChI=1S/C13H24N2O3/c1-9(7-14)6-12(16)15-8-10-4-2-3-5-11(10)13(17)18/h9-11H,2-8,14H2,1H3,(H,15,16)(H,17,18). The fourth-order valence-electron chi connectivity index (χ4n) is 2.49. The quantitative estimate of drug-likeness (QED) is 0.660. The molecule has 1 saturated carbocycles. The second-order valence-electron chi connectivity index (χ2n) is 5.34. The van der Waals surface area contributed by atoms with Crippen LogP contribution in [0.4, 0.5) is 0 Å². The molecule has 4 N–H and O–H groups in total. The lowest BCUT2D eigenvalue weighted by Crippen LogP contribution is -2.37. The normalized spacial score (nSPS) is 25.4. The van der Waals surface area contributed by atoms with E-state index < -0.39 is 5.97 Å². The van der Waals surface area contributed by atoms with Crippen molar-refractivity contribution in [3.05, 3.63) is 0 Å². The Balaban J connectivity index is 2.36. The van der Waals surface area contributed by atoms with Gasteiger partial charge in [-0.3, -0.25) is 9.59 Å². The molecule has 0 bridgehead atoms. The summed E-state index contributed by atoms with van der Waals surface area (Å²) in [5.41, 5.74) is 5.46. The van der Waals surface area contributed by atoms with E-state index in [0.717, 1.165) is 25.7 Å². The molecule has 1 amide bonds. The van der Waals surface area contributed by atoms with Crippen LogP contribution in [0.25, 0.3) is 0 Å². The maximum absolute atomic E-state index is 11.6. The second-order valence-corrected chi connectivity index (χ2v) is 5.34. The Hall–Kier alpha value is -1.10. The van der Waals surface area contributed by atoms with Gasteiger partial charge in [-0.2, -0.15) is 0 Å². The van der Waals surface area contributed by atoms with Crippen LogP contribution in [0, 0.1) is 17.8 Å². The van der Waals surface area contributed by atoms with Crippen LogP contribution in [0.2, 0.25) is 0 Å². The summed E-state index contributed by atoms with van der Waals surface area (Å²) < 4.78 is 0. The number of rotatable bonds is 6. The number of carboxylic acids is 1. The number of amides is 1. The first-order valence-corrected chi connectivity index (χ1v) is 6.74. The minimum Gasteiger partial charge on any atom is -0.481 e. The van der Waals surface area contributed by atoms with Crippen molar-refractivity contribution in [3.8, 4) is 0 Å². The molecule has 1 aliphatic carbocycles. The predicted molar refractivity (Wildman–Crippen MR) is 68.9 cm³/mol. The molecule has 0 spiro atoms. The summed E-state index contributed by atoms with van der Waals surface area (Å²) >= 11 is 0. The molecule has 0 aromatic rings.